The van der Waals surface area contributed by atoms with Crippen LogP contribution in [0.15, 0.2) is 107 Å². The van der Waals surface area contributed by atoms with E-state index in [0.29, 0.717) is 47.2 Å². The largest absolute Gasteiger partial charge is 0.494 e. The van der Waals surface area contributed by atoms with Gasteiger partial charge in [-0.3, -0.25) is 0 Å². The lowest BCUT2D eigenvalue weighted by Gasteiger charge is -2.08. The van der Waals surface area contributed by atoms with E-state index in [0.717, 1.165) is 24.3 Å². The quantitative estimate of drug-likeness (QED) is 0.0355. The number of hydrogen-bond donors (Lipinski definition) is 0. The smallest absolute Gasteiger partial charge is 0.343 e. The average molecular weight is 679 g/mol. The van der Waals surface area contributed by atoms with Gasteiger partial charge in [-0.2, -0.15) is 10.2 Å². The van der Waals surface area contributed by atoms with Crippen LogP contribution in [0, 0.1) is 0 Å². The number of rotatable bonds is 22. The molecule has 0 aliphatic carbocycles. The molecule has 8 nitrogen and oxygen atoms in total. The molecule has 0 unspecified atom stereocenters. The Labute approximate surface area is 296 Å². The Morgan fingerprint density at radius 2 is 0.740 bits per heavy atom. The van der Waals surface area contributed by atoms with Gasteiger partial charge in [-0.25, -0.2) is 9.59 Å². The molecular formula is C42H50N2O6. The fraction of sp³-hybridized carbons (Fsp3) is 0.381. The number of ether oxygens (including phenoxy) is 4. The Kier molecular flexibility index (Phi) is 16.6. The summed E-state index contributed by atoms with van der Waals surface area (Å²) in [5.74, 6) is 1.38. The highest BCUT2D eigenvalue weighted by atomic mass is 16.5. The van der Waals surface area contributed by atoms with Crippen molar-refractivity contribution < 1.29 is 28.5 Å². The van der Waals surface area contributed by atoms with E-state index in [4.69, 9.17) is 18.9 Å². The van der Waals surface area contributed by atoms with Gasteiger partial charge in [0.05, 0.1) is 35.7 Å². The molecule has 0 bridgehead atoms. The van der Waals surface area contributed by atoms with Crippen LogP contribution in [-0.4, -0.2) is 25.2 Å². The first-order valence-corrected chi connectivity index (χ1v) is 18.1. The molecule has 0 saturated carbocycles. The van der Waals surface area contributed by atoms with Gasteiger partial charge in [0.2, 0.25) is 0 Å². The molecule has 0 aliphatic rings. The van der Waals surface area contributed by atoms with E-state index < -0.39 is 11.9 Å². The lowest BCUT2D eigenvalue weighted by atomic mass is 10.1. The minimum atomic E-state index is -0.451. The van der Waals surface area contributed by atoms with Gasteiger partial charge >= 0.3 is 11.9 Å². The summed E-state index contributed by atoms with van der Waals surface area (Å²) in [5.41, 5.74) is 2.06. The van der Waals surface area contributed by atoms with Crippen molar-refractivity contribution in [1.29, 1.82) is 0 Å². The summed E-state index contributed by atoms with van der Waals surface area (Å²) in [6.07, 6.45) is 14.5. The van der Waals surface area contributed by atoms with Crippen molar-refractivity contribution in [2.45, 2.75) is 90.9 Å². The van der Waals surface area contributed by atoms with E-state index in [1.165, 1.54) is 64.2 Å². The molecule has 50 heavy (non-hydrogen) atoms. The minimum absolute atomic E-state index is 0.402. The fourth-order valence-corrected chi connectivity index (χ4v) is 5.13. The van der Waals surface area contributed by atoms with Crippen LogP contribution in [-0.2, 0) is 0 Å². The Balaban J connectivity index is 1.16. The standard InChI is InChI=1S/C42H50N2O6/c1-3-5-7-9-11-13-31-47-37-23-15-33(16-24-37)41(45)49-39-27-19-35(20-28-39)43-44-36-21-29-40(30-22-36)50-42(46)34-17-25-38(26-18-34)48-32-14-12-10-8-6-4-2/h15-30H,3-14,31-32H2,1-2H3. The summed E-state index contributed by atoms with van der Waals surface area (Å²) in [6, 6.07) is 27.5. The fourth-order valence-electron chi connectivity index (χ4n) is 5.13. The summed E-state index contributed by atoms with van der Waals surface area (Å²) in [6.45, 7) is 5.78. The van der Waals surface area contributed by atoms with Gasteiger partial charge < -0.3 is 18.9 Å². The molecule has 8 heteroatoms. The van der Waals surface area contributed by atoms with Gasteiger partial charge in [-0.05, 0) is 110 Å². The lowest BCUT2D eigenvalue weighted by Crippen LogP contribution is -2.08. The molecule has 264 valence electrons. The third-order valence-electron chi connectivity index (χ3n) is 8.09. The number of azo groups is 1. The third kappa shape index (κ3) is 13.9. The van der Waals surface area contributed by atoms with Crippen molar-refractivity contribution in [2.75, 3.05) is 13.2 Å². The highest BCUT2D eigenvalue weighted by molar-refractivity contribution is 5.91. The van der Waals surface area contributed by atoms with Crippen molar-refractivity contribution >= 4 is 23.3 Å². The third-order valence-corrected chi connectivity index (χ3v) is 8.09. The Morgan fingerprint density at radius 1 is 0.420 bits per heavy atom. The summed E-state index contributed by atoms with van der Waals surface area (Å²) in [7, 11) is 0. The Morgan fingerprint density at radius 3 is 1.10 bits per heavy atom. The summed E-state index contributed by atoms with van der Waals surface area (Å²) >= 11 is 0. The molecule has 4 aromatic carbocycles. The lowest BCUT2D eigenvalue weighted by molar-refractivity contribution is 0.0725. The number of nitrogens with zero attached hydrogens (tertiary/aromatic N) is 2. The van der Waals surface area contributed by atoms with Crippen molar-refractivity contribution in [2.24, 2.45) is 10.2 Å². The molecule has 0 saturated heterocycles. The van der Waals surface area contributed by atoms with Crippen molar-refractivity contribution in [3.8, 4) is 23.0 Å². The van der Waals surface area contributed by atoms with Crippen molar-refractivity contribution in [3.63, 3.8) is 0 Å². The SMILES string of the molecule is CCCCCCCCOc1ccc(C(=O)Oc2ccc(N=Nc3ccc(OC(=O)c4ccc(OCCCCCCCC)cc4)cc3)cc2)cc1. The molecule has 0 amide bonds. The second kappa shape index (κ2) is 21.9. The monoisotopic (exact) mass is 678 g/mol. The molecule has 0 radical (unpaired) electrons. The highest BCUT2D eigenvalue weighted by Gasteiger charge is 2.11. The zero-order valence-electron chi connectivity index (χ0n) is 29.5. The van der Waals surface area contributed by atoms with Gasteiger partial charge in [-0.1, -0.05) is 78.1 Å². The van der Waals surface area contributed by atoms with Crippen LogP contribution in [0.2, 0.25) is 0 Å². The van der Waals surface area contributed by atoms with Gasteiger partial charge in [0.25, 0.3) is 0 Å². The Bertz CT molecular complexity index is 1460. The maximum absolute atomic E-state index is 12.6. The second-order valence-corrected chi connectivity index (χ2v) is 12.2. The van der Waals surface area contributed by atoms with Crippen LogP contribution in [0.4, 0.5) is 11.4 Å². The molecule has 0 aliphatic heterocycles. The van der Waals surface area contributed by atoms with E-state index in [-0.39, 0.29) is 0 Å². The normalized spacial score (nSPS) is 11.0. The van der Waals surface area contributed by atoms with E-state index in [1.54, 1.807) is 97.1 Å². The number of benzene rings is 4. The second-order valence-electron chi connectivity index (χ2n) is 12.2. The van der Waals surface area contributed by atoms with E-state index >= 15 is 0 Å². The van der Waals surface area contributed by atoms with Crippen LogP contribution >= 0.6 is 0 Å². The predicted molar refractivity (Wildman–Crippen MR) is 198 cm³/mol. The first-order valence-electron chi connectivity index (χ1n) is 18.1. The predicted octanol–water partition coefficient (Wildman–Crippen LogP) is 12.0. The van der Waals surface area contributed by atoms with Crippen LogP contribution < -0.4 is 18.9 Å². The van der Waals surface area contributed by atoms with Crippen molar-refractivity contribution in [1.82, 2.24) is 0 Å². The number of esters is 2. The molecule has 0 fully saturated rings. The summed E-state index contributed by atoms with van der Waals surface area (Å²) in [4.78, 5) is 25.3. The van der Waals surface area contributed by atoms with E-state index in [2.05, 4.69) is 24.1 Å². The molecule has 0 atom stereocenters. The summed E-state index contributed by atoms with van der Waals surface area (Å²) < 4.78 is 22.6. The zero-order valence-corrected chi connectivity index (χ0v) is 29.5. The average Bonchev–Trinajstić information content (AvgIpc) is 3.15. The van der Waals surface area contributed by atoms with Crippen LogP contribution in [0.3, 0.4) is 0 Å². The molecule has 4 rings (SSSR count). The summed E-state index contributed by atoms with van der Waals surface area (Å²) in [5, 5.41) is 8.51. The van der Waals surface area contributed by atoms with Crippen molar-refractivity contribution in [3.05, 3.63) is 108 Å². The minimum Gasteiger partial charge on any atom is -0.494 e. The maximum atomic E-state index is 12.6. The van der Waals surface area contributed by atoms with E-state index in [1.807, 2.05) is 0 Å². The Hall–Kier alpha value is -4.98. The molecule has 0 spiro atoms. The molecule has 0 N–H and O–H groups in total. The van der Waals surface area contributed by atoms with Gasteiger partial charge in [0, 0.05) is 0 Å². The van der Waals surface area contributed by atoms with E-state index in [9.17, 15) is 9.59 Å². The molecule has 0 heterocycles. The van der Waals surface area contributed by atoms with Gasteiger partial charge in [0.1, 0.15) is 23.0 Å². The number of unbranched alkanes of at least 4 members (excludes halogenated alkanes) is 10. The number of carbonyl (C=O) groups excluding carboxylic acids is 2. The van der Waals surface area contributed by atoms with Crippen LogP contribution in [0.5, 0.6) is 23.0 Å². The molecular weight excluding hydrogens is 628 g/mol. The van der Waals surface area contributed by atoms with Crippen LogP contribution in [0.25, 0.3) is 0 Å². The maximum Gasteiger partial charge on any atom is 0.343 e. The van der Waals surface area contributed by atoms with Crippen LogP contribution in [0.1, 0.15) is 112 Å². The van der Waals surface area contributed by atoms with Gasteiger partial charge in [-0.15, -0.1) is 0 Å². The number of hydrogen-bond acceptors (Lipinski definition) is 8. The zero-order chi connectivity index (χ0) is 35.2. The number of carbonyl (C=O) groups is 2. The first kappa shape index (κ1) is 37.8. The molecule has 0 aromatic heterocycles. The topological polar surface area (TPSA) is 95.8 Å². The highest BCUT2D eigenvalue weighted by Crippen LogP contribution is 2.25. The molecule has 4 aromatic rings. The first-order chi connectivity index (χ1) is 24.5. The van der Waals surface area contributed by atoms with Gasteiger partial charge in [0.15, 0.2) is 0 Å².